The second-order valence-corrected chi connectivity index (χ2v) is 6.79. The van der Waals surface area contributed by atoms with Gasteiger partial charge in [-0.05, 0) is 29.8 Å². The number of rotatable bonds is 5. The number of aromatic nitrogens is 2. The molecule has 0 saturated heterocycles. The summed E-state index contributed by atoms with van der Waals surface area (Å²) in [5.74, 6) is -1.47. The van der Waals surface area contributed by atoms with E-state index in [0.717, 1.165) is 11.3 Å². The van der Waals surface area contributed by atoms with E-state index in [4.69, 9.17) is 16.3 Å². The van der Waals surface area contributed by atoms with Crippen LogP contribution in [-0.2, 0) is 17.9 Å². The molecule has 7 nitrogen and oxygen atoms in total. The van der Waals surface area contributed by atoms with Gasteiger partial charge in [-0.15, -0.1) is 0 Å². The van der Waals surface area contributed by atoms with Crippen LogP contribution < -0.4 is 44.3 Å². The first-order chi connectivity index (χ1) is 13.5. The maximum Gasteiger partial charge on any atom is 1.00 e. The third-order valence-corrected chi connectivity index (χ3v) is 4.78. The van der Waals surface area contributed by atoms with Crippen LogP contribution in [0.2, 0.25) is 5.02 Å². The Kier molecular flexibility index (Phi) is 6.64. The maximum atomic E-state index is 12.5. The number of hydrogen-bond donors (Lipinski definition) is 0. The van der Waals surface area contributed by atoms with Crippen LogP contribution in [-0.4, -0.2) is 28.0 Å². The van der Waals surface area contributed by atoms with Gasteiger partial charge in [-0.3, -0.25) is 9.69 Å². The van der Waals surface area contributed by atoms with E-state index in [-0.39, 0.29) is 59.9 Å². The zero-order valence-corrected chi connectivity index (χ0v) is 18.4. The van der Waals surface area contributed by atoms with Crippen LogP contribution in [0, 0.1) is 0 Å². The van der Waals surface area contributed by atoms with Gasteiger partial charge in [0.2, 0.25) is 0 Å². The van der Waals surface area contributed by atoms with Crippen molar-refractivity contribution in [1.82, 2.24) is 9.55 Å². The summed E-state index contributed by atoms with van der Waals surface area (Å²) in [7, 11) is 0. The van der Waals surface area contributed by atoms with Crippen molar-refractivity contribution < 1.29 is 49.0 Å². The SMILES string of the molecule is O=C([O-])c1cccc2c1OCC(=O)N2Cc1cncn1Cc1ccc(Cl)cc1.[Na+]. The Labute approximate surface area is 194 Å². The molecule has 0 radical (unpaired) electrons. The molecule has 0 unspecified atom stereocenters. The smallest absolute Gasteiger partial charge is 0.545 e. The van der Waals surface area contributed by atoms with Crippen LogP contribution in [0.5, 0.6) is 5.75 Å². The Hall–Kier alpha value is -2.32. The zero-order chi connectivity index (χ0) is 19.7. The number of ether oxygens (including phenoxy) is 1. The van der Waals surface area contributed by atoms with Crippen molar-refractivity contribution in [2.75, 3.05) is 11.5 Å². The van der Waals surface area contributed by atoms with Crippen molar-refractivity contribution in [1.29, 1.82) is 0 Å². The molecule has 0 N–H and O–H groups in total. The quantitative estimate of drug-likeness (QED) is 0.489. The third kappa shape index (κ3) is 4.48. The first kappa shape index (κ1) is 21.4. The fourth-order valence-corrected chi connectivity index (χ4v) is 3.27. The van der Waals surface area contributed by atoms with Crippen molar-refractivity contribution in [2.24, 2.45) is 0 Å². The minimum absolute atomic E-state index is 0. The van der Waals surface area contributed by atoms with E-state index in [1.807, 2.05) is 28.8 Å². The number of fused-ring (bicyclic) bond motifs is 1. The number of aromatic carboxylic acids is 1. The van der Waals surface area contributed by atoms with Crippen LogP contribution in [0.4, 0.5) is 5.69 Å². The summed E-state index contributed by atoms with van der Waals surface area (Å²) in [4.78, 5) is 29.5. The number of anilines is 1. The number of benzene rings is 2. The van der Waals surface area contributed by atoms with Gasteiger partial charge < -0.3 is 19.2 Å². The molecule has 3 aromatic rings. The number of carbonyl (C=O) groups is 2. The van der Waals surface area contributed by atoms with Gasteiger partial charge in [0.05, 0.1) is 30.2 Å². The number of halogens is 1. The summed E-state index contributed by atoms with van der Waals surface area (Å²) in [6.45, 7) is 0.568. The average Bonchev–Trinajstić information content (AvgIpc) is 3.12. The molecular formula is C20H15ClN3NaO4. The van der Waals surface area contributed by atoms with E-state index in [0.29, 0.717) is 17.3 Å². The Bertz CT molecular complexity index is 1050. The van der Waals surface area contributed by atoms with Crippen LogP contribution in [0.1, 0.15) is 21.6 Å². The van der Waals surface area contributed by atoms with Gasteiger partial charge >= 0.3 is 29.6 Å². The number of para-hydroxylation sites is 1. The molecule has 1 aliphatic rings. The molecule has 1 amide bonds. The molecule has 1 aromatic heterocycles. The van der Waals surface area contributed by atoms with Crippen LogP contribution >= 0.6 is 11.6 Å². The molecule has 9 heteroatoms. The molecule has 0 atom stereocenters. The Morgan fingerprint density at radius 2 is 1.93 bits per heavy atom. The third-order valence-electron chi connectivity index (χ3n) is 4.53. The summed E-state index contributed by atoms with van der Waals surface area (Å²) in [5, 5.41) is 12.0. The summed E-state index contributed by atoms with van der Waals surface area (Å²) in [6.07, 6.45) is 3.37. The first-order valence-electron chi connectivity index (χ1n) is 8.54. The number of carboxylic acid groups (broad SMARTS) is 1. The van der Waals surface area contributed by atoms with Crippen LogP contribution in [0.15, 0.2) is 55.0 Å². The second kappa shape index (κ2) is 9.00. The van der Waals surface area contributed by atoms with Crippen molar-refractivity contribution in [3.8, 4) is 5.75 Å². The number of amides is 1. The molecule has 0 saturated carbocycles. The fourth-order valence-electron chi connectivity index (χ4n) is 3.14. The number of carboxylic acids is 1. The molecule has 0 spiro atoms. The van der Waals surface area contributed by atoms with Gasteiger partial charge in [-0.25, -0.2) is 4.98 Å². The Morgan fingerprint density at radius 1 is 1.17 bits per heavy atom. The fraction of sp³-hybridized carbons (Fsp3) is 0.150. The molecule has 0 fully saturated rings. The van der Waals surface area contributed by atoms with Gasteiger partial charge in [0.15, 0.2) is 12.4 Å². The summed E-state index contributed by atoms with van der Waals surface area (Å²) in [5.41, 5.74) is 2.16. The molecule has 0 bridgehead atoms. The zero-order valence-electron chi connectivity index (χ0n) is 15.7. The van der Waals surface area contributed by atoms with Gasteiger partial charge in [-0.1, -0.05) is 29.8 Å². The minimum atomic E-state index is -1.35. The van der Waals surface area contributed by atoms with Crippen molar-refractivity contribution in [2.45, 2.75) is 13.1 Å². The Morgan fingerprint density at radius 3 is 2.66 bits per heavy atom. The molecule has 2 heterocycles. The number of imidazole rings is 1. The van der Waals surface area contributed by atoms with E-state index in [2.05, 4.69) is 4.98 Å². The summed E-state index contributed by atoms with van der Waals surface area (Å²) in [6, 6.07) is 12.1. The van der Waals surface area contributed by atoms with E-state index in [9.17, 15) is 14.7 Å². The summed E-state index contributed by atoms with van der Waals surface area (Å²) >= 11 is 5.93. The molecule has 4 rings (SSSR count). The van der Waals surface area contributed by atoms with Crippen molar-refractivity contribution in [3.63, 3.8) is 0 Å². The number of hydrogen-bond acceptors (Lipinski definition) is 5. The minimum Gasteiger partial charge on any atom is -0.545 e. The van der Waals surface area contributed by atoms with E-state index in [1.54, 1.807) is 24.7 Å². The van der Waals surface area contributed by atoms with Gasteiger partial charge in [0.25, 0.3) is 5.91 Å². The second-order valence-electron chi connectivity index (χ2n) is 6.35. The molecule has 1 aliphatic heterocycles. The summed E-state index contributed by atoms with van der Waals surface area (Å²) < 4.78 is 7.29. The first-order valence-corrected chi connectivity index (χ1v) is 8.91. The predicted octanol–water partition coefficient (Wildman–Crippen LogP) is -1.12. The average molecular weight is 420 g/mol. The Balaban J connectivity index is 0.00000240. The van der Waals surface area contributed by atoms with Crippen molar-refractivity contribution in [3.05, 3.63) is 76.8 Å². The predicted molar refractivity (Wildman–Crippen MR) is 100 cm³/mol. The molecular weight excluding hydrogens is 405 g/mol. The standard InChI is InChI=1S/C20H16ClN3O4.Na/c21-14-6-4-13(5-7-14)9-23-12-22-8-15(23)10-24-17-3-1-2-16(20(26)27)19(17)28-11-18(24)25;/h1-8,12H,9-11H2,(H,26,27);/q;+1/p-1. The molecule has 0 aliphatic carbocycles. The monoisotopic (exact) mass is 419 g/mol. The van der Waals surface area contributed by atoms with E-state index in [1.165, 1.54) is 11.0 Å². The maximum absolute atomic E-state index is 12.5. The largest absolute Gasteiger partial charge is 1.00 e. The van der Waals surface area contributed by atoms with Gasteiger partial charge in [0.1, 0.15) is 0 Å². The van der Waals surface area contributed by atoms with E-state index < -0.39 is 5.97 Å². The normalized spacial score (nSPS) is 12.7. The number of nitrogens with zero attached hydrogens (tertiary/aromatic N) is 3. The van der Waals surface area contributed by atoms with Crippen molar-refractivity contribution >= 4 is 29.2 Å². The number of carbonyl (C=O) groups excluding carboxylic acids is 2. The van der Waals surface area contributed by atoms with Crippen LogP contribution in [0.25, 0.3) is 0 Å². The van der Waals surface area contributed by atoms with E-state index >= 15 is 0 Å². The topological polar surface area (TPSA) is 87.5 Å². The van der Waals surface area contributed by atoms with Gasteiger partial charge in [0, 0.05) is 23.3 Å². The molecule has 142 valence electrons. The molecule has 29 heavy (non-hydrogen) atoms. The molecule has 2 aromatic carbocycles. The van der Waals surface area contributed by atoms with Crippen LogP contribution in [0.3, 0.4) is 0 Å². The van der Waals surface area contributed by atoms with Gasteiger partial charge in [-0.2, -0.15) is 0 Å².